The molecule has 3 aliphatic heterocycles. The summed E-state index contributed by atoms with van der Waals surface area (Å²) in [6.45, 7) is 5.12. The van der Waals surface area contributed by atoms with Gasteiger partial charge in [-0.3, -0.25) is 0 Å². The Morgan fingerprint density at radius 2 is 1.47 bits per heavy atom. The van der Waals surface area contributed by atoms with E-state index in [-0.39, 0.29) is 11.9 Å². The van der Waals surface area contributed by atoms with Crippen molar-refractivity contribution in [1.82, 2.24) is 14.7 Å². The molecule has 4 heterocycles. The first-order chi connectivity index (χ1) is 22.1. The van der Waals surface area contributed by atoms with Gasteiger partial charge < -0.3 is 19.4 Å². The number of fused-ring (bicyclic) bond motifs is 4. The number of amidine groups is 2. The van der Waals surface area contributed by atoms with Gasteiger partial charge in [0.15, 0.2) is 17.5 Å². The minimum absolute atomic E-state index is 0.216. The number of aromatic nitrogens is 2. The lowest BCUT2D eigenvalue weighted by molar-refractivity contribution is 0.389. The summed E-state index contributed by atoms with van der Waals surface area (Å²) in [6.07, 6.45) is 0. The summed E-state index contributed by atoms with van der Waals surface area (Å²) in [6, 6.07) is 33.2. The Bertz CT molecular complexity index is 1940. The summed E-state index contributed by atoms with van der Waals surface area (Å²) < 4.78 is 21.2. The Balaban J connectivity index is 1.28. The van der Waals surface area contributed by atoms with Crippen molar-refractivity contribution < 1.29 is 9.13 Å². The maximum Gasteiger partial charge on any atom is 0.179 e. The highest BCUT2D eigenvalue weighted by molar-refractivity contribution is 6.48. The highest BCUT2D eigenvalue weighted by atomic mass is 19.1. The van der Waals surface area contributed by atoms with Gasteiger partial charge in [-0.15, -0.1) is 0 Å². The van der Waals surface area contributed by atoms with Crippen molar-refractivity contribution in [1.29, 1.82) is 0 Å². The molecule has 0 bridgehead atoms. The summed E-state index contributed by atoms with van der Waals surface area (Å²) in [5, 5.41) is 5.05. The number of ether oxygens (including phenoxy) is 1. The van der Waals surface area contributed by atoms with Gasteiger partial charge >= 0.3 is 0 Å². The van der Waals surface area contributed by atoms with Gasteiger partial charge in [-0.2, -0.15) is 5.10 Å². The topological polar surface area (TPSA) is 61.5 Å². The molecule has 8 rings (SSSR count). The number of hydrogen-bond acceptors (Lipinski definition) is 7. The number of para-hydroxylation sites is 3. The number of piperazine rings is 1. The van der Waals surface area contributed by atoms with E-state index in [2.05, 4.69) is 64.1 Å². The Kier molecular flexibility index (Phi) is 6.59. The van der Waals surface area contributed by atoms with Crippen LogP contribution >= 0.6 is 0 Å². The maximum atomic E-state index is 13.6. The van der Waals surface area contributed by atoms with Crippen molar-refractivity contribution in [2.24, 2.45) is 9.98 Å². The minimum atomic E-state index is -0.224. The second-order valence-electron chi connectivity index (χ2n) is 11.4. The van der Waals surface area contributed by atoms with Crippen molar-refractivity contribution in [3.05, 3.63) is 126 Å². The van der Waals surface area contributed by atoms with Crippen molar-refractivity contribution in [3.63, 3.8) is 0 Å². The first kappa shape index (κ1) is 27.1. The molecule has 0 radical (unpaired) electrons. The number of halogens is 1. The highest BCUT2D eigenvalue weighted by Gasteiger charge is 2.43. The summed E-state index contributed by atoms with van der Waals surface area (Å²) in [7, 11) is 1.70. The smallest absolute Gasteiger partial charge is 0.179 e. The van der Waals surface area contributed by atoms with Gasteiger partial charge in [-0.1, -0.05) is 42.5 Å². The van der Waals surface area contributed by atoms with Crippen molar-refractivity contribution in [2.75, 3.05) is 43.1 Å². The maximum absolute atomic E-state index is 13.6. The first-order valence-corrected chi connectivity index (χ1v) is 15.2. The average Bonchev–Trinajstić information content (AvgIpc) is 3.43. The van der Waals surface area contributed by atoms with Crippen LogP contribution in [0.25, 0.3) is 5.69 Å². The van der Waals surface area contributed by atoms with E-state index in [9.17, 15) is 4.39 Å². The number of rotatable bonds is 4. The monoisotopic (exact) mass is 597 g/mol. The molecule has 5 aromatic rings. The standard InChI is InChI=1S/C36H32FN7O/c1-24-32-33(25-9-8-12-29(23-25)45-2)43-31-14-7-6-13-30(31)38-35(36(43)39-34(32)44(40-24)28-10-4-3-5-11-28)42-21-19-41(20-22-42)27-17-15-26(37)16-18-27/h3-18,23,33H,19-22H2,1-2H3/t33-/m1/s1. The van der Waals surface area contributed by atoms with E-state index in [1.54, 1.807) is 7.11 Å². The molecule has 0 N–H and O–H groups in total. The van der Waals surface area contributed by atoms with Gasteiger partial charge in [0, 0.05) is 37.4 Å². The van der Waals surface area contributed by atoms with Crippen LogP contribution in [0.4, 0.5) is 27.3 Å². The van der Waals surface area contributed by atoms with Crippen LogP contribution in [-0.4, -0.2) is 59.6 Å². The Labute approximate surface area is 261 Å². The largest absolute Gasteiger partial charge is 0.497 e. The van der Waals surface area contributed by atoms with Crippen molar-refractivity contribution >= 4 is 34.6 Å². The number of aliphatic imine (C=N–C) groups is 2. The lowest BCUT2D eigenvalue weighted by Crippen LogP contribution is -2.55. The zero-order chi connectivity index (χ0) is 30.5. The number of nitrogens with zero attached hydrogens (tertiary/aromatic N) is 7. The van der Waals surface area contributed by atoms with E-state index < -0.39 is 0 Å². The number of benzene rings is 4. The predicted octanol–water partition coefficient (Wildman–Crippen LogP) is 6.83. The molecule has 9 heteroatoms. The Morgan fingerprint density at radius 3 is 2.24 bits per heavy atom. The molecule has 0 spiro atoms. The van der Waals surface area contributed by atoms with Crippen LogP contribution in [0.1, 0.15) is 22.9 Å². The van der Waals surface area contributed by atoms with Crippen LogP contribution in [0.2, 0.25) is 0 Å². The van der Waals surface area contributed by atoms with Crippen LogP contribution in [0.15, 0.2) is 113 Å². The number of hydrogen-bond donors (Lipinski definition) is 0. The molecule has 4 aromatic carbocycles. The lowest BCUT2D eigenvalue weighted by Gasteiger charge is -2.44. The normalized spacial score (nSPS) is 17.2. The van der Waals surface area contributed by atoms with E-state index in [4.69, 9.17) is 19.8 Å². The zero-order valence-electron chi connectivity index (χ0n) is 25.1. The molecular weight excluding hydrogens is 565 g/mol. The molecule has 0 unspecified atom stereocenters. The fourth-order valence-corrected chi connectivity index (χ4v) is 6.61. The summed E-state index contributed by atoms with van der Waals surface area (Å²) in [4.78, 5) is 17.6. The quantitative estimate of drug-likeness (QED) is 0.227. The predicted molar refractivity (Wildman–Crippen MR) is 176 cm³/mol. The van der Waals surface area contributed by atoms with Gasteiger partial charge in [-0.05, 0) is 73.2 Å². The van der Waals surface area contributed by atoms with Crippen LogP contribution in [0.3, 0.4) is 0 Å². The molecule has 0 aliphatic carbocycles. The Hall–Kier alpha value is -5.44. The third kappa shape index (κ3) is 4.63. The van der Waals surface area contributed by atoms with Crippen LogP contribution < -0.4 is 14.5 Å². The second kappa shape index (κ2) is 10.9. The molecule has 1 atom stereocenters. The molecule has 3 aliphatic rings. The molecule has 1 saturated heterocycles. The number of methoxy groups -OCH3 is 1. The molecule has 45 heavy (non-hydrogen) atoms. The molecule has 0 saturated carbocycles. The van der Waals surface area contributed by atoms with Crippen LogP contribution in [0.5, 0.6) is 5.75 Å². The lowest BCUT2D eigenvalue weighted by atomic mass is 9.93. The van der Waals surface area contributed by atoms with Crippen LogP contribution in [0, 0.1) is 12.7 Å². The molecule has 224 valence electrons. The van der Waals surface area contributed by atoms with E-state index in [0.717, 1.165) is 89.0 Å². The van der Waals surface area contributed by atoms with Gasteiger partial charge in [0.25, 0.3) is 0 Å². The SMILES string of the molecule is COc1cccc([C@@H]2c3c(C)nn(-c4ccccc4)c3N=C3C(N4CCN(c5ccc(F)cc5)CC4)=Nc4ccccc4N32)c1. The molecule has 8 nitrogen and oxygen atoms in total. The van der Waals surface area contributed by atoms with E-state index in [0.29, 0.717) is 0 Å². The fourth-order valence-electron chi connectivity index (χ4n) is 6.61. The number of aryl methyl sites for hydroxylation is 1. The first-order valence-electron chi connectivity index (χ1n) is 15.2. The van der Waals surface area contributed by atoms with E-state index in [1.165, 1.54) is 12.1 Å². The second-order valence-corrected chi connectivity index (χ2v) is 11.4. The zero-order valence-corrected chi connectivity index (χ0v) is 25.1. The highest BCUT2D eigenvalue weighted by Crippen LogP contribution is 2.48. The van der Waals surface area contributed by atoms with Crippen molar-refractivity contribution in [2.45, 2.75) is 13.0 Å². The number of anilines is 2. The third-order valence-electron chi connectivity index (χ3n) is 8.80. The summed E-state index contributed by atoms with van der Waals surface area (Å²) in [5.74, 6) is 3.00. The summed E-state index contributed by atoms with van der Waals surface area (Å²) in [5.41, 5.74) is 6.91. The van der Waals surface area contributed by atoms with Gasteiger partial charge in [-0.25, -0.2) is 19.1 Å². The minimum Gasteiger partial charge on any atom is -0.497 e. The molecule has 1 fully saturated rings. The average molecular weight is 598 g/mol. The molecule has 1 aromatic heterocycles. The van der Waals surface area contributed by atoms with Crippen LogP contribution in [-0.2, 0) is 0 Å². The van der Waals surface area contributed by atoms with E-state index in [1.807, 2.05) is 53.2 Å². The Morgan fingerprint density at radius 1 is 0.733 bits per heavy atom. The summed E-state index contributed by atoms with van der Waals surface area (Å²) >= 11 is 0. The third-order valence-corrected chi connectivity index (χ3v) is 8.80. The van der Waals surface area contributed by atoms with E-state index >= 15 is 0 Å². The van der Waals surface area contributed by atoms with Gasteiger partial charge in [0.05, 0.1) is 35.9 Å². The molecular formula is C36H32FN7O. The fraction of sp³-hybridized carbons (Fsp3) is 0.194. The van der Waals surface area contributed by atoms with Gasteiger partial charge in [0.2, 0.25) is 0 Å². The van der Waals surface area contributed by atoms with Crippen molar-refractivity contribution in [3.8, 4) is 11.4 Å². The molecule has 0 amide bonds. The van der Waals surface area contributed by atoms with Gasteiger partial charge in [0.1, 0.15) is 11.6 Å².